The lowest BCUT2D eigenvalue weighted by atomic mass is 10.1. The second-order valence-corrected chi connectivity index (χ2v) is 7.68. The van der Waals surface area contributed by atoms with Crippen molar-refractivity contribution in [3.05, 3.63) is 88.6 Å². The highest BCUT2D eigenvalue weighted by atomic mass is 32.2. The summed E-state index contributed by atoms with van der Waals surface area (Å²) in [5.41, 5.74) is 2.91. The van der Waals surface area contributed by atoms with E-state index in [0.29, 0.717) is 22.7 Å². The van der Waals surface area contributed by atoms with E-state index in [9.17, 15) is 9.59 Å². The number of ether oxygens (including phenoxy) is 1. The van der Waals surface area contributed by atoms with Crippen LogP contribution in [-0.2, 0) is 11.3 Å². The lowest BCUT2D eigenvalue weighted by molar-refractivity contribution is -0.112. The van der Waals surface area contributed by atoms with Gasteiger partial charge in [-0.25, -0.2) is 0 Å². The summed E-state index contributed by atoms with van der Waals surface area (Å²) in [6.45, 7) is 0.387. The number of pyridine rings is 1. The van der Waals surface area contributed by atoms with Gasteiger partial charge in [-0.2, -0.15) is 0 Å². The van der Waals surface area contributed by atoms with Crippen LogP contribution in [0.1, 0.15) is 21.5 Å². The van der Waals surface area contributed by atoms with Gasteiger partial charge in [0.1, 0.15) is 5.75 Å². The molecule has 1 aliphatic rings. The Labute approximate surface area is 178 Å². The van der Waals surface area contributed by atoms with Gasteiger partial charge in [0.05, 0.1) is 17.7 Å². The summed E-state index contributed by atoms with van der Waals surface area (Å²) < 4.78 is 5.23. The molecule has 1 aromatic heterocycles. The van der Waals surface area contributed by atoms with Crippen LogP contribution in [0.2, 0.25) is 0 Å². The molecule has 0 fully saturated rings. The molecule has 7 heteroatoms. The first-order valence-electron chi connectivity index (χ1n) is 9.28. The van der Waals surface area contributed by atoms with Crippen LogP contribution in [0.15, 0.2) is 76.8 Å². The number of methoxy groups -OCH3 is 1. The Balaban J connectivity index is 1.49. The zero-order valence-corrected chi connectivity index (χ0v) is 17.0. The first-order chi connectivity index (χ1) is 14.6. The number of carbonyl (C=O) groups excluding carboxylic acids is 2. The predicted octanol–water partition coefficient (Wildman–Crippen LogP) is 4.11. The van der Waals surface area contributed by atoms with Gasteiger partial charge in [0, 0.05) is 29.4 Å². The van der Waals surface area contributed by atoms with E-state index in [2.05, 4.69) is 15.6 Å². The van der Waals surface area contributed by atoms with Crippen LogP contribution in [0.4, 0.5) is 5.69 Å². The summed E-state index contributed by atoms with van der Waals surface area (Å²) >= 11 is 1.37. The zero-order chi connectivity index (χ0) is 20.9. The van der Waals surface area contributed by atoms with Crippen molar-refractivity contribution in [1.82, 2.24) is 10.3 Å². The molecule has 2 N–H and O–H groups in total. The van der Waals surface area contributed by atoms with E-state index >= 15 is 0 Å². The van der Waals surface area contributed by atoms with Crippen LogP contribution in [0.5, 0.6) is 5.75 Å². The Morgan fingerprint density at radius 1 is 1.20 bits per heavy atom. The van der Waals surface area contributed by atoms with Gasteiger partial charge in [-0.1, -0.05) is 30.0 Å². The highest BCUT2D eigenvalue weighted by molar-refractivity contribution is 8.04. The molecule has 2 aromatic carbocycles. The Morgan fingerprint density at radius 2 is 2.10 bits per heavy atom. The van der Waals surface area contributed by atoms with Crippen molar-refractivity contribution in [2.45, 2.75) is 11.4 Å². The summed E-state index contributed by atoms with van der Waals surface area (Å²) in [4.78, 5) is 30.5. The Hall–Kier alpha value is -3.58. The number of hydrogen-bond donors (Lipinski definition) is 2. The summed E-state index contributed by atoms with van der Waals surface area (Å²) in [5.74, 6) is 0.315. The average Bonchev–Trinajstić information content (AvgIpc) is 2.78. The zero-order valence-electron chi connectivity index (χ0n) is 16.2. The SMILES string of the molecule is COc1cccc(C=C2Sc3ccc(C(=O)NCc4cccnc4)cc3NC2=O)c1. The lowest BCUT2D eigenvalue weighted by Crippen LogP contribution is -2.24. The number of aromatic nitrogens is 1. The standard InChI is InChI=1S/C23H19N3O3S/c1-29-18-6-2-4-15(10-18)11-21-23(28)26-19-12-17(7-8-20(19)30-21)22(27)25-14-16-5-3-9-24-13-16/h2-13H,14H2,1H3,(H,25,27)(H,26,28). The fourth-order valence-corrected chi connectivity index (χ4v) is 3.90. The fourth-order valence-electron chi connectivity index (χ4n) is 2.97. The van der Waals surface area contributed by atoms with Crippen molar-refractivity contribution < 1.29 is 14.3 Å². The first-order valence-corrected chi connectivity index (χ1v) is 10.1. The number of anilines is 1. The molecule has 0 saturated carbocycles. The summed E-state index contributed by atoms with van der Waals surface area (Å²) in [5, 5.41) is 5.74. The number of amides is 2. The highest BCUT2D eigenvalue weighted by Gasteiger charge is 2.22. The summed E-state index contributed by atoms with van der Waals surface area (Å²) in [6.07, 6.45) is 5.21. The Morgan fingerprint density at radius 3 is 2.90 bits per heavy atom. The molecule has 4 rings (SSSR count). The minimum Gasteiger partial charge on any atom is -0.497 e. The van der Waals surface area contributed by atoms with E-state index in [-0.39, 0.29) is 11.8 Å². The number of benzene rings is 2. The van der Waals surface area contributed by atoms with Gasteiger partial charge >= 0.3 is 0 Å². The van der Waals surface area contributed by atoms with Crippen LogP contribution < -0.4 is 15.4 Å². The van der Waals surface area contributed by atoms with Gasteiger partial charge in [0.15, 0.2) is 0 Å². The maximum atomic E-state index is 12.6. The first kappa shape index (κ1) is 19.7. The summed E-state index contributed by atoms with van der Waals surface area (Å²) in [7, 11) is 1.61. The molecule has 0 unspecified atom stereocenters. The quantitative estimate of drug-likeness (QED) is 0.611. The third-order valence-corrected chi connectivity index (χ3v) is 5.60. The van der Waals surface area contributed by atoms with Crippen molar-refractivity contribution >= 4 is 35.3 Å². The maximum Gasteiger partial charge on any atom is 0.262 e. The van der Waals surface area contributed by atoms with Gasteiger partial charge in [-0.3, -0.25) is 14.6 Å². The molecule has 0 spiro atoms. The fraction of sp³-hybridized carbons (Fsp3) is 0.0870. The van der Waals surface area contributed by atoms with Crippen LogP contribution in [0, 0.1) is 0 Å². The van der Waals surface area contributed by atoms with E-state index in [4.69, 9.17) is 4.74 Å². The molecule has 1 aliphatic heterocycles. The molecule has 3 aromatic rings. The van der Waals surface area contributed by atoms with E-state index in [1.165, 1.54) is 11.8 Å². The molecule has 0 bridgehead atoms. The molecule has 0 saturated heterocycles. The maximum absolute atomic E-state index is 12.6. The van der Waals surface area contributed by atoms with E-state index in [0.717, 1.165) is 21.8 Å². The largest absolute Gasteiger partial charge is 0.497 e. The van der Waals surface area contributed by atoms with Crippen molar-refractivity contribution in [3.63, 3.8) is 0 Å². The van der Waals surface area contributed by atoms with Crippen LogP contribution in [0.25, 0.3) is 6.08 Å². The van der Waals surface area contributed by atoms with Gasteiger partial charge in [0.25, 0.3) is 11.8 Å². The molecule has 2 heterocycles. The minimum atomic E-state index is -0.210. The average molecular weight is 417 g/mol. The third-order valence-electron chi connectivity index (χ3n) is 4.50. The van der Waals surface area contributed by atoms with E-state index in [1.807, 2.05) is 48.5 Å². The van der Waals surface area contributed by atoms with Crippen LogP contribution >= 0.6 is 11.8 Å². The Bertz CT molecular complexity index is 1130. The number of rotatable bonds is 5. The van der Waals surface area contributed by atoms with Crippen LogP contribution in [-0.4, -0.2) is 23.9 Å². The van der Waals surface area contributed by atoms with E-state index in [1.54, 1.807) is 31.6 Å². The molecule has 0 atom stereocenters. The molecule has 2 amide bonds. The normalized spacial score (nSPS) is 14.0. The second-order valence-electron chi connectivity index (χ2n) is 6.60. The van der Waals surface area contributed by atoms with Crippen LogP contribution in [0.3, 0.4) is 0 Å². The lowest BCUT2D eigenvalue weighted by Gasteiger charge is -2.19. The van der Waals surface area contributed by atoms with Gasteiger partial charge in [0.2, 0.25) is 0 Å². The minimum absolute atomic E-state index is 0.205. The number of carbonyl (C=O) groups is 2. The van der Waals surface area contributed by atoms with Crippen molar-refractivity contribution in [2.75, 3.05) is 12.4 Å². The molecule has 0 aliphatic carbocycles. The molecule has 0 radical (unpaired) electrons. The number of nitrogens with zero attached hydrogens (tertiary/aromatic N) is 1. The molecule has 30 heavy (non-hydrogen) atoms. The molecule has 6 nitrogen and oxygen atoms in total. The number of thioether (sulfide) groups is 1. The Kier molecular flexibility index (Phi) is 5.81. The summed E-state index contributed by atoms with van der Waals surface area (Å²) in [6, 6.07) is 16.5. The molecular weight excluding hydrogens is 398 g/mol. The van der Waals surface area contributed by atoms with Gasteiger partial charge < -0.3 is 15.4 Å². The highest BCUT2D eigenvalue weighted by Crippen LogP contribution is 2.39. The topological polar surface area (TPSA) is 80.3 Å². The van der Waals surface area contributed by atoms with E-state index < -0.39 is 0 Å². The van der Waals surface area contributed by atoms with Crippen molar-refractivity contribution in [1.29, 1.82) is 0 Å². The third kappa shape index (κ3) is 4.52. The number of nitrogens with one attached hydrogen (secondary N) is 2. The smallest absolute Gasteiger partial charge is 0.262 e. The monoisotopic (exact) mass is 417 g/mol. The van der Waals surface area contributed by atoms with Gasteiger partial charge in [-0.15, -0.1) is 0 Å². The van der Waals surface area contributed by atoms with Crippen molar-refractivity contribution in [2.24, 2.45) is 0 Å². The number of fused-ring (bicyclic) bond motifs is 1. The molecule has 150 valence electrons. The second kappa shape index (κ2) is 8.84. The number of hydrogen-bond acceptors (Lipinski definition) is 5. The van der Waals surface area contributed by atoms with Crippen molar-refractivity contribution in [3.8, 4) is 5.75 Å². The predicted molar refractivity (Wildman–Crippen MR) is 117 cm³/mol. The van der Waals surface area contributed by atoms with Gasteiger partial charge in [-0.05, 0) is 53.6 Å². The molecular formula is C23H19N3O3S.